The molecule has 128 valence electrons. The van der Waals surface area contributed by atoms with E-state index in [4.69, 9.17) is 16.3 Å². The van der Waals surface area contributed by atoms with E-state index in [1.165, 1.54) is 6.07 Å². The van der Waals surface area contributed by atoms with Crippen LogP contribution in [0.3, 0.4) is 0 Å². The molecular formula is C19H16ClFN2O2. The fraction of sp³-hybridized carbons (Fsp3) is 0.158. The number of hydrogen-bond acceptors (Lipinski definition) is 3. The molecule has 1 aliphatic heterocycles. The molecule has 4 nitrogen and oxygen atoms in total. The van der Waals surface area contributed by atoms with Gasteiger partial charge in [-0.05, 0) is 42.3 Å². The zero-order chi connectivity index (χ0) is 17.8. The summed E-state index contributed by atoms with van der Waals surface area (Å²) in [5, 5.41) is 3.25. The minimum atomic E-state index is -0.300. The molecular weight excluding hydrogens is 343 g/mol. The fourth-order valence-electron chi connectivity index (χ4n) is 2.55. The number of ether oxygens (including phenoxy) is 1. The van der Waals surface area contributed by atoms with Gasteiger partial charge >= 0.3 is 0 Å². The molecule has 0 saturated heterocycles. The summed E-state index contributed by atoms with van der Waals surface area (Å²) in [6.45, 7) is 0. The number of amidine groups is 1. The Labute approximate surface area is 150 Å². The second-order valence-electron chi connectivity index (χ2n) is 5.52. The first-order valence-corrected chi connectivity index (χ1v) is 8.12. The van der Waals surface area contributed by atoms with Crippen molar-refractivity contribution in [1.82, 2.24) is 5.32 Å². The maximum absolute atomic E-state index is 13.7. The molecule has 0 atom stereocenters. The van der Waals surface area contributed by atoms with Crippen molar-refractivity contribution < 1.29 is 13.9 Å². The van der Waals surface area contributed by atoms with Crippen LogP contribution in [0, 0.1) is 5.82 Å². The molecule has 0 saturated carbocycles. The van der Waals surface area contributed by atoms with E-state index in [0.29, 0.717) is 40.6 Å². The van der Waals surface area contributed by atoms with Gasteiger partial charge in [-0.1, -0.05) is 29.8 Å². The summed E-state index contributed by atoms with van der Waals surface area (Å²) in [5.74, 6) is 0.553. The number of aliphatic imine (C=N–C) groups is 1. The highest BCUT2D eigenvalue weighted by atomic mass is 35.5. The Bertz CT molecular complexity index is 877. The Kier molecular flexibility index (Phi) is 5.14. The topological polar surface area (TPSA) is 50.7 Å². The van der Waals surface area contributed by atoms with E-state index >= 15 is 0 Å². The molecule has 6 heteroatoms. The third-order valence-corrected chi connectivity index (χ3v) is 4.05. The van der Waals surface area contributed by atoms with Crippen molar-refractivity contribution >= 4 is 29.4 Å². The minimum absolute atomic E-state index is 0.258. The van der Waals surface area contributed by atoms with Gasteiger partial charge in [0.2, 0.25) is 0 Å². The van der Waals surface area contributed by atoms with Crippen molar-refractivity contribution in [1.29, 1.82) is 0 Å². The van der Waals surface area contributed by atoms with Crippen LogP contribution in [0.5, 0.6) is 5.75 Å². The van der Waals surface area contributed by atoms with E-state index in [1.807, 2.05) is 0 Å². The number of amides is 1. The van der Waals surface area contributed by atoms with Gasteiger partial charge in [0, 0.05) is 17.0 Å². The van der Waals surface area contributed by atoms with Crippen LogP contribution in [0.1, 0.15) is 17.5 Å². The highest BCUT2D eigenvalue weighted by molar-refractivity contribution is 6.30. The Morgan fingerprint density at radius 2 is 2.04 bits per heavy atom. The fourth-order valence-corrected chi connectivity index (χ4v) is 2.74. The first-order valence-electron chi connectivity index (χ1n) is 7.74. The number of halogens is 2. The molecule has 0 aliphatic carbocycles. The normalized spacial score (nSPS) is 15.2. The maximum atomic E-state index is 13.7. The number of aryl methyl sites for hydroxylation is 1. The Hall–Kier alpha value is -2.66. The van der Waals surface area contributed by atoms with Gasteiger partial charge in [-0.25, -0.2) is 9.38 Å². The van der Waals surface area contributed by atoms with Gasteiger partial charge in [0.25, 0.3) is 5.91 Å². The highest BCUT2D eigenvalue weighted by Crippen LogP contribution is 2.26. The van der Waals surface area contributed by atoms with Crippen molar-refractivity contribution in [2.24, 2.45) is 4.99 Å². The summed E-state index contributed by atoms with van der Waals surface area (Å²) in [6.07, 6.45) is 2.52. The lowest BCUT2D eigenvalue weighted by molar-refractivity contribution is -0.115. The maximum Gasteiger partial charge on any atom is 0.275 e. The van der Waals surface area contributed by atoms with Crippen LogP contribution >= 0.6 is 11.6 Å². The van der Waals surface area contributed by atoms with E-state index in [9.17, 15) is 9.18 Å². The first kappa shape index (κ1) is 17.2. The monoisotopic (exact) mass is 358 g/mol. The van der Waals surface area contributed by atoms with Crippen LogP contribution in [0.2, 0.25) is 5.02 Å². The number of methoxy groups -OCH3 is 1. The molecule has 2 aromatic carbocycles. The molecule has 0 bridgehead atoms. The van der Waals surface area contributed by atoms with Crippen LogP contribution < -0.4 is 10.1 Å². The second kappa shape index (κ2) is 7.49. The molecule has 2 aromatic rings. The summed E-state index contributed by atoms with van der Waals surface area (Å²) < 4.78 is 18.9. The van der Waals surface area contributed by atoms with Gasteiger partial charge < -0.3 is 10.1 Å². The highest BCUT2D eigenvalue weighted by Gasteiger charge is 2.20. The number of nitrogens with one attached hydrogen (secondary N) is 1. The van der Waals surface area contributed by atoms with Crippen LogP contribution in [0.25, 0.3) is 6.08 Å². The quantitative estimate of drug-likeness (QED) is 0.822. The molecule has 0 spiro atoms. The van der Waals surface area contributed by atoms with E-state index in [-0.39, 0.29) is 17.4 Å². The van der Waals surface area contributed by atoms with Gasteiger partial charge in [-0.3, -0.25) is 4.79 Å². The summed E-state index contributed by atoms with van der Waals surface area (Å²) >= 11 is 6.00. The summed E-state index contributed by atoms with van der Waals surface area (Å²) in [4.78, 5) is 16.4. The van der Waals surface area contributed by atoms with Crippen LogP contribution in [-0.4, -0.2) is 18.9 Å². The van der Waals surface area contributed by atoms with E-state index in [2.05, 4.69) is 10.3 Å². The molecule has 1 aliphatic rings. The Balaban J connectivity index is 1.78. The molecule has 0 radical (unpaired) electrons. The van der Waals surface area contributed by atoms with E-state index in [1.54, 1.807) is 49.6 Å². The van der Waals surface area contributed by atoms with Gasteiger partial charge in [0.05, 0.1) is 7.11 Å². The molecule has 0 aromatic heterocycles. The van der Waals surface area contributed by atoms with Crippen LogP contribution in [0.15, 0.2) is 53.2 Å². The van der Waals surface area contributed by atoms with Crippen molar-refractivity contribution in [3.8, 4) is 5.75 Å². The van der Waals surface area contributed by atoms with E-state index in [0.717, 1.165) is 0 Å². The Morgan fingerprint density at radius 3 is 2.80 bits per heavy atom. The molecule has 1 amide bonds. The van der Waals surface area contributed by atoms with Crippen LogP contribution in [0.4, 0.5) is 4.39 Å². The molecule has 0 unspecified atom stereocenters. The predicted octanol–water partition coefficient (Wildman–Crippen LogP) is 3.99. The summed E-state index contributed by atoms with van der Waals surface area (Å²) in [6, 6.07) is 11.7. The lowest BCUT2D eigenvalue weighted by Crippen LogP contribution is -2.24. The largest absolute Gasteiger partial charge is 0.496 e. The number of carbonyl (C=O) groups excluding carboxylic acids is 1. The van der Waals surface area contributed by atoms with Gasteiger partial charge in [-0.15, -0.1) is 0 Å². The molecule has 1 heterocycles. The molecule has 0 fully saturated rings. The zero-order valence-corrected chi connectivity index (χ0v) is 14.3. The minimum Gasteiger partial charge on any atom is -0.496 e. The SMILES string of the molecule is COc1ccc(Cl)cc1/C=C1/N=C(CCc2ccccc2F)NC1=O. The van der Waals surface area contributed by atoms with Gasteiger partial charge in [0.15, 0.2) is 0 Å². The lowest BCUT2D eigenvalue weighted by atomic mass is 10.1. The predicted molar refractivity (Wildman–Crippen MR) is 96.3 cm³/mol. The van der Waals surface area contributed by atoms with Crippen molar-refractivity contribution in [2.45, 2.75) is 12.8 Å². The smallest absolute Gasteiger partial charge is 0.275 e. The number of carbonyl (C=O) groups is 1. The van der Waals surface area contributed by atoms with Gasteiger partial charge in [-0.2, -0.15) is 0 Å². The molecule has 1 N–H and O–H groups in total. The molecule has 25 heavy (non-hydrogen) atoms. The van der Waals surface area contributed by atoms with Gasteiger partial charge in [0.1, 0.15) is 23.1 Å². The Morgan fingerprint density at radius 1 is 1.24 bits per heavy atom. The average Bonchev–Trinajstić information content (AvgIpc) is 2.94. The van der Waals surface area contributed by atoms with Crippen molar-refractivity contribution in [3.63, 3.8) is 0 Å². The average molecular weight is 359 g/mol. The zero-order valence-electron chi connectivity index (χ0n) is 13.6. The third kappa shape index (κ3) is 4.06. The number of hydrogen-bond donors (Lipinski definition) is 1. The summed E-state index contributed by atoms with van der Waals surface area (Å²) in [7, 11) is 1.54. The number of rotatable bonds is 5. The lowest BCUT2D eigenvalue weighted by Gasteiger charge is -2.05. The van der Waals surface area contributed by atoms with Crippen molar-refractivity contribution in [3.05, 3.63) is 70.1 Å². The standard InChI is InChI=1S/C19H16ClFN2O2/c1-25-17-8-7-14(20)10-13(17)11-16-19(24)23-18(22-16)9-6-12-4-2-3-5-15(12)21/h2-5,7-8,10-11H,6,9H2,1H3,(H,22,23,24)/b16-11+. The first-order chi connectivity index (χ1) is 12.1. The number of benzene rings is 2. The van der Waals surface area contributed by atoms with Crippen molar-refractivity contribution in [2.75, 3.05) is 7.11 Å². The molecule has 3 rings (SSSR count). The second-order valence-corrected chi connectivity index (χ2v) is 5.96. The van der Waals surface area contributed by atoms with Crippen LogP contribution in [-0.2, 0) is 11.2 Å². The third-order valence-electron chi connectivity index (χ3n) is 3.82. The number of nitrogens with zero attached hydrogens (tertiary/aromatic N) is 1. The van der Waals surface area contributed by atoms with E-state index < -0.39 is 0 Å². The summed E-state index contributed by atoms with van der Waals surface area (Å²) in [5.41, 5.74) is 1.52.